The Morgan fingerprint density at radius 2 is 1.76 bits per heavy atom. The van der Waals surface area contributed by atoms with Crippen LogP contribution in [0.25, 0.3) is 0 Å². The van der Waals surface area contributed by atoms with Crippen LogP contribution < -0.4 is 4.72 Å². The van der Waals surface area contributed by atoms with Crippen molar-refractivity contribution < 1.29 is 18.3 Å². The molecule has 6 heteroatoms. The molecule has 1 unspecified atom stereocenters. The van der Waals surface area contributed by atoms with Gasteiger partial charge in [0.05, 0.1) is 4.90 Å². The van der Waals surface area contributed by atoms with Crippen molar-refractivity contribution in [2.24, 2.45) is 5.41 Å². The lowest BCUT2D eigenvalue weighted by Crippen LogP contribution is -2.41. The summed E-state index contributed by atoms with van der Waals surface area (Å²) in [6.45, 7) is 7.73. The number of aryl methyl sites for hydroxylation is 1. The van der Waals surface area contributed by atoms with Gasteiger partial charge >= 0.3 is 5.97 Å². The minimum atomic E-state index is -3.56. The van der Waals surface area contributed by atoms with Gasteiger partial charge in [-0.2, -0.15) is 0 Å². The molecule has 2 N–H and O–H groups in total. The molecule has 0 spiro atoms. The van der Waals surface area contributed by atoms with E-state index in [2.05, 4.69) is 4.72 Å². The van der Waals surface area contributed by atoms with Crippen LogP contribution in [0.5, 0.6) is 0 Å². The Labute approximate surface area is 126 Å². The number of carbonyl (C=O) groups is 1. The number of carboxylic acids is 1. The maximum Gasteiger partial charge on any atom is 0.303 e. The molecule has 1 atom stereocenters. The van der Waals surface area contributed by atoms with Gasteiger partial charge in [0.2, 0.25) is 10.0 Å². The van der Waals surface area contributed by atoms with E-state index in [4.69, 9.17) is 5.11 Å². The van der Waals surface area contributed by atoms with Crippen molar-refractivity contribution >= 4 is 16.0 Å². The molecule has 21 heavy (non-hydrogen) atoms. The standard InChI is InChI=1S/C15H23NO4S/c1-11(15(2,3)4)16-21(19,20)13-8-5-12(6-9-13)7-10-14(17)18/h5-6,8-9,11,16H,7,10H2,1-4H3,(H,17,18). The molecule has 0 aliphatic rings. The number of rotatable bonds is 6. The maximum absolute atomic E-state index is 12.3. The van der Waals surface area contributed by atoms with E-state index in [0.29, 0.717) is 6.42 Å². The minimum absolute atomic E-state index is 0.0331. The van der Waals surface area contributed by atoms with E-state index in [1.165, 1.54) is 12.1 Å². The summed E-state index contributed by atoms with van der Waals surface area (Å²) in [7, 11) is -3.56. The van der Waals surface area contributed by atoms with Crippen molar-refractivity contribution in [3.63, 3.8) is 0 Å². The average Bonchev–Trinajstić information content (AvgIpc) is 2.35. The molecule has 0 radical (unpaired) electrons. The summed E-state index contributed by atoms with van der Waals surface area (Å²) in [5, 5.41) is 8.63. The van der Waals surface area contributed by atoms with Gasteiger partial charge in [0, 0.05) is 12.5 Å². The quantitative estimate of drug-likeness (QED) is 0.845. The van der Waals surface area contributed by atoms with Crippen molar-refractivity contribution in [1.29, 1.82) is 0 Å². The van der Waals surface area contributed by atoms with Crippen molar-refractivity contribution in [1.82, 2.24) is 4.72 Å². The molecular weight excluding hydrogens is 290 g/mol. The van der Waals surface area contributed by atoms with E-state index in [1.54, 1.807) is 12.1 Å². The lowest BCUT2D eigenvalue weighted by atomic mass is 9.89. The van der Waals surface area contributed by atoms with Crippen molar-refractivity contribution in [3.05, 3.63) is 29.8 Å². The summed E-state index contributed by atoms with van der Waals surface area (Å²) >= 11 is 0. The number of carboxylic acid groups (broad SMARTS) is 1. The van der Waals surface area contributed by atoms with Crippen molar-refractivity contribution in [2.75, 3.05) is 0 Å². The van der Waals surface area contributed by atoms with Crippen LogP contribution in [0.3, 0.4) is 0 Å². The first kappa shape index (κ1) is 17.7. The molecule has 0 fully saturated rings. The maximum atomic E-state index is 12.3. The number of nitrogens with one attached hydrogen (secondary N) is 1. The van der Waals surface area contributed by atoms with E-state index in [0.717, 1.165) is 5.56 Å². The van der Waals surface area contributed by atoms with Gasteiger partial charge in [-0.1, -0.05) is 32.9 Å². The zero-order valence-electron chi connectivity index (χ0n) is 12.9. The lowest BCUT2D eigenvalue weighted by molar-refractivity contribution is -0.136. The van der Waals surface area contributed by atoms with Crippen LogP contribution in [0, 0.1) is 5.41 Å². The fourth-order valence-electron chi connectivity index (χ4n) is 1.56. The molecule has 0 bridgehead atoms. The normalized spacial score (nSPS) is 13.9. The zero-order chi connectivity index (χ0) is 16.3. The van der Waals surface area contributed by atoms with E-state index in [1.807, 2.05) is 27.7 Å². The summed E-state index contributed by atoms with van der Waals surface area (Å²) in [5.74, 6) is -0.868. The van der Waals surface area contributed by atoms with Gasteiger partial charge in [-0.15, -0.1) is 0 Å². The van der Waals surface area contributed by atoms with Gasteiger partial charge in [-0.05, 0) is 36.5 Å². The highest BCUT2D eigenvalue weighted by molar-refractivity contribution is 7.89. The molecule has 0 aliphatic carbocycles. The number of sulfonamides is 1. The monoisotopic (exact) mass is 313 g/mol. The first-order chi connectivity index (χ1) is 9.52. The highest BCUT2D eigenvalue weighted by Gasteiger charge is 2.25. The van der Waals surface area contributed by atoms with Gasteiger partial charge in [0.15, 0.2) is 0 Å². The summed E-state index contributed by atoms with van der Waals surface area (Å²) < 4.78 is 27.2. The van der Waals surface area contributed by atoms with E-state index < -0.39 is 16.0 Å². The molecule has 1 rings (SSSR count). The third-order valence-electron chi connectivity index (χ3n) is 3.49. The first-order valence-electron chi connectivity index (χ1n) is 6.85. The second-order valence-electron chi connectivity index (χ2n) is 6.25. The third kappa shape index (κ3) is 5.47. The summed E-state index contributed by atoms with van der Waals surface area (Å²) in [5.41, 5.74) is 0.634. The van der Waals surface area contributed by atoms with Crippen LogP contribution >= 0.6 is 0 Å². The van der Waals surface area contributed by atoms with Crippen LogP contribution in [-0.4, -0.2) is 25.5 Å². The third-order valence-corrected chi connectivity index (χ3v) is 5.05. The van der Waals surface area contributed by atoms with Gasteiger partial charge in [-0.25, -0.2) is 13.1 Å². The molecule has 5 nitrogen and oxygen atoms in total. The molecule has 1 aromatic carbocycles. The number of benzene rings is 1. The summed E-state index contributed by atoms with van der Waals surface area (Å²) in [4.78, 5) is 10.7. The van der Waals surface area contributed by atoms with E-state index >= 15 is 0 Å². The topological polar surface area (TPSA) is 83.5 Å². The fourth-order valence-corrected chi connectivity index (χ4v) is 3.01. The highest BCUT2D eigenvalue weighted by Crippen LogP contribution is 2.21. The Balaban J connectivity index is 2.83. The Hall–Kier alpha value is -1.40. The zero-order valence-corrected chi connectivity index (χ0v) is 13.7. The van der Waals surface area contributed by atoms with Gasteiger partial charge in [0.25, 0.3) is 0 Å². The largest absolute Gasteiger partial charge is 0.481 e. The molecule has 0 heterocycles. The van der Waals surface area contributed by atoms with Crippen molar-refractivity contribution in [3.8, 4) is 0 Å². The molecule has 1 aromatic rings. The summed E-state index contributed by atoms with van der Waals surface area (Å²) in [6.07, 6.45) is 0.424. The van der Waals surface area contributed by atoms with Crippen LogP contribution in [-0.2, 0) is 21.2 Å². The van der Waals surface area contributed by atoms with E-state index in [-0.39, 0.29) is 22.8 Å². The Morgan fingerprint density at radius 3 is 2.19 bits per heavy atom. The highest BCUT2D eigenvalue weighted by atomic mass is 32.2. The first-order valence-corrected chi connectivity index (χ1v) is 8.34. The smallest absolute Gasteiger partial charge is 0.303 e. The SMILES string of the molecule is CC(NS(=O)(=O)c1ccc(CCC(=O)O)cc1)C(C)(C)C. The van der Waals surface area contributed by atoms with Crippen molar-refractivity contribution in [2.45, 2.75) is 51.5 Å². The minimum Gasteiger partial charge on any atom is -0.481 e. The van der Waals surface area contributed by atoms with Crippen LogP contribution in [0.2, 0.25) is 0 Å². The lowest BCUT2D eigenvalue weighted by Gasteiger charge is -2.27. The molecule has 0 saturated carbocycles. The van der Waals surface area contributed by atoms with E-state index in [9.17, 15) is 13.2 Å². The predicted molar refractivity (Wildman–Crippen MR) is 81.6 cm³/mol. The van der Waals surface area contributed by atoms with Crippen LogP contribution in [0.15, 0.2) is 29.2 Å². The molecule has 0 aliphatic heterocycles. The Kier molecular flexibility index (Phi) is 5.53. The van der Waals surface area contributed by atoms with Gasteiger partial charge in [-0.3, -0.25) is 4.79 Å². The molecule has 118 valence electrons. The average molecular weight is 313 g/mol. The number of aliphatic carboxylic acids is 1. The summed E-state index contributed by atoms with van der Waals surface area (Å²) in [6, 6.07) is 6.12. The number of hydrogen-bond acceptors (Lipinski definition) is 3. The van der Waals surface area contributed by atoms with Crippen LogP contribution in [0.4, 0.5) is 0 Å². The molecule has 0 aromatic heterocycles. The van der Waals surface area contributed by atoms with Gasteiger partial charge in [0.1, 0.15) is 0 Å². The fraction of sp³-hybridized carbons (Fsp3) is 0.533. The second-order valence-corrected chi connectivity index (χ2v) is 7.96. The van der Waals surface area contributed by atoms with Gasteiger partial charge < -0.3 is 5.11 Å². The second kappa shape index (κ2) is 6.58. The predicted octanol–water partition coefficient (Wildman–Crippen LogP) is 2.42. The molecule has 0 amide bonds. The molecular formula is C15H23NO4S. The van der Waals surface area contributed by atoms with Crippen LogP contribution in [0.1, 0.15) is 39.7 Å². The molecule has 0 saturated heterocycles. The Morgan fingerprint density at radius 1 is 1.24 bits per heavy atom. The number of hydrogen-bond donors (Lipinski definition) is 2. The Bertz CT molecular complexity index is 585.